The molecule has 68 valence electrons. The van der Waals surface area contributed by atoms with Crippen LogP contribution >= 0.6 is 0 Å². The van der Waals surface area contributed by atoms with Crippen molar-refractivity contribution < 1.29 is 0 Å². The van der Waals surface area contributed by atoms with E-state index in [4.69, 9.17) is 0 Å². The molecule has 1 aromatic carbocycles. The van der Waals surface area contributed by atoms with E-state index in [1.807, 2.05) is 18.2 Å². The Hall–Kier alpha value is -1.00. The maximum Gasteiger partial charge on any atom is 0.132 e. The molecule has 0 aliphatic rings. The van der Waals surface area contributed by atoms with Gasteiger partial charge in [0.15, 0.2) is 0 Å². The minimum absolute atomic E-state index is 1.14. The van der Waals surface area contributed by atoms with Crippen LogP contribution in [0.15, 0.2) is 30.3 Å². The molecule has 0 N–H and O–H groups in total. The van der Waals surface area contributed by atoms with Crippen LogP contribution in [0, 0.1) is 11.5 Å². The van der Waals surface area contributed by atoms with Crippen molar-refractivity contribution in [3.63, 3.8) is 0 Å². The minimum atomic E-state index is -1.22. The van der Waals surface area contributed by atoms with Crippen molar-refractivity contribution in [1.29, 1.82) is 0 Å². The predicted molar refractivity (Wildman–Crippen MR) is 61.3 cm³/mol. The maximum atomic E-state index is 3.41. The average Bonchev–Trinajstić information content (AvgIpc) is 2.17. The molecule has 1 aromatic rings. The topological polar surface area (TPSA) is 0 Å². The lowest BCUT2D eigenvalue weighted by atomic mass is 10.2. The Balaban J connectivity index is 2.79. The van der Waals surface area contributed by atoms with E-state index in [1.54, 1.807) is 0 Å². The van der Waals surface area contributed by atoms with Gasteiger partial charge in [-0.25, -0.2) is 0 Å². The molecule has 0 unspecified atom stereocenters. The fourth-order valence-electron chi connectivity index (χ4n) is 0.851. The fraction of sp³-hybridized carbons (Fsp3) is 0.333. The number of rotatable bonds is 1. The van der Waals surface area contributed by atoms with Gasteiger partial charge < -0.3 is 0 Å². The van der Waals surface area contributed by atoms with E-state index in [9.17, 15) is 0 Å². The zero-order valence-corrected chi connectivity index (χ0v) is 9.59. The van der Waals surface area contributed by atoms with Crippen molar-refractivity contribution >= 4 is 8.07 Å². The highest BCUT2D eigenvalue weighted by Crippen LogP contribution is 2.06. The SMILES string of the molecule is CC[Si](C)(C)C#Cc1ccccc1. The summed E-state index contributed by atoms with van der Waals surface area (Å²) in [4.78, 5) is 0. The van der Waals surface area contributed by atoms with Crippen molar-refractivity contribution in [1.82, 2.24) is 0 Å². The van der Waals surface area contributed by atoms with Gasteiger partial charge in [0.1, 0.15) is 8.07 Å². The second-order valence-electron chi connectivity index (χ2n) is 3.85. The summed E-state index contributed by atoms with van der Waals surface area (Å²) in [7, 11) is -1.22. The molecular weight excluding hydrogens is 172 g/mol. The van der Waals surface area contributed by atoms with Crippen molar-refractivity contribution in [2.45, 2.75) is 26.1 Å². The van der Waals surface area contributed by atoms with Gasteiger partial charge in [-0.2, -0.15) is 0 Å². The lowest BCUT2D eigenvalue weighted by molar-refractivity contribution is 1.38. The van der Waals surface area contributed by atoms with Crippen LogP contribution in [0.4, 0.5) is 0 Å². The zero-order valence-electron chi connectivity index (χ0n) is 8.59. The molecule has 0 aliphatic heterocycles. The van der Waals surface area contributed by atoms with Crippen LogP contribution in [0.1, 0.15) is 12.5 Å². The summed E-state index contributed by atoms with van der Waals surface area (Å²) in [5.41, 5.74) is 4.55. The highest BCUT2D eigenvalue weighted by atomic mass is 28.3. The Morgan fingerprint density at radius 2 is 1.77 bits per heavy atom. The second kappa shape index (κ2) is 4.29. The van der Waals surface area contributed by atoms with Crippen LogP contribution in [0.25, 0.3) is 0 Å². The predicted octanol–water partition coefficient (Wildman–Crippen LogP) is 3.31. The van der Waals surface area contributed by atoms with E-state index < -0.39 is 8.07 Å². The van der Waals surface area contributed by atoms with Crippen LogP contribution in [-0.4, -0.2) is 8.07 Å². The third-order valence-corrected chi connectivity index (χ3v) is 4.77. The van der Waals surface area contributed by atoms with Crippen LogP contribution in [0.5, 0.6) is 0 Å². The van der Waals surface area contributed by atoms with Crippen molar-refractivity contribution in [2.75, 3.05) is 0 Å². The largest absolute Gasteiger partial charge is 0.132 e. The number of hydrogen-bond donors (Lipinski definition) is 0. The minimum Gasteiger partial charge on any atom is -0.126 e. The maximum absolute atomic E-state index is 3.41. The molecule has 0 fully saturated rings. The zero-order chi connectivity index (χ0) is 9.73. The van der Waals surface area contributed by atoms with E-state index in [0.717, 1.165) is 5.56 Å². The summed E-state index contributed by atoms with van der Waals surface area (Å²) in [6.45, 7) is 6.85. The Morgan fingerprint density at radius 1 is 1.15 bits per heavy atom. The van der Waals surface area contributed by atoms with E-state index in [1.165, 1.54) is 6.04 Å². The first kappa shape index (κ1) is 10.1. The molecular formula is C12H16Si. The fourth-order valence-corrected chi connectivity index (χ4v) is 1.51. The van der Waals surface area contributed by atoms with E-state index in [0.29, 0.717) is 0 Å². The third-order valence-electron chi connectivity index (χ3n) is 2.20. The molecule has 0 bridgehead atoms. The molecule has 0 amide bonds. The van der Waals surface area contributed by atoms with Crippen molar-refractivity contribution in [3.8, 4) is 11.5 Å². The van der Waals surface area contributed by atoms with Gasteiger partial charge in [-0.15, -0.1) is 5.54 Å². The van der Waals surface area contributed by atoms with Gasteiger partial charge in [0.25, 0.3) is 0 Å². The molecule has 0 aliphatic carbocycles. The Labute approximate surface area is 82.0 Å². The summed E-state index contributed by atoms with van der Waals surface area (Å²) in [5, 5.41) is 0. The first-order chi connectivity index (χ1) is 6.14. The summed E-state index contributed by atoms with van der Waals surface area (Å²) in [5.74, 6) is 3.25. The summed E-state index contributed by atoms with van der Waals surface area (Å²) >= 11 is 0. The van der Waals surface area contributed by atoms with Gasteiger partial charge in [-0.1, -0.05) is 44.1 Å². The molecule has 1 rings (SSSR count). The monoisotopic (exact) mass is 188 g/mol. The Bertz CT molecular complexity index is 314. The molecule has 0 heterocycles. The third kappa shape index (κ3) is 3.48. The smallest absolute Gasteiger partial charge is 0.126 e. The van der Waals surface area contributed by atoms with Crippen LogP contribution in [0.2, 0.25) is 19.1 Å². The summed E-state index contributed by atoms with van der Waals surface area (Å²) < 4.78 is 0. The molecule has 0 aromatic heterocycles. The highest BCUT2D eigenvalue weighted by Gasteiger charge is 2.13. The number of benzene rings is 1. The Kier molecular flexibility index (Phi) is 3.33. The van der Waals surface area contributed by atoms with Crippen molar-refractivity contribution in [2.24, 2.45) is 0 Å². The quantitative estimate of drug-likeness (QED) is 0.468. The van der Waals surface area contributed by atoms with Crippen LogP contribution in [-0.2, 0) is 0 Å². The molecule has 13 heavy (non-hydrogen) atoms. The first-order valence-corrected chi connectivity index (χ1v) is 7.93. The summed E-state index contributed by atoms with van der Waals surface area (Å²) in [6, 6.07) is 11.4. The van der Waals surface area contributed by atoms with Crippen molar-refractivity contribution in [3.05, 3.63) is 35.9 Å². The van der Waals surface area contributed by atoms with E-state index >= 15 is 0 Å². The van der Waals surface area contributed by atoms with E-state index in [-0.39, 0.29) is 0 Å². The molecule has 0 saturated carbocycles. The number of hydrogen-bond acceptors (Lipinski definition) is 0. The second-order valence-corrected chi connectivity index (χ2v) is 8.58. The van der Waals surface area contributed by atoms with Gasteiger partial charge >= 0.3 is 0 Å². The van der Waals surface area contributed by atoms with E-state index in [2.05, 4.69) is 43.6 Å². The lowest BCUT2D eigenvalue weighted by Gasteiger charge is -2.09. The normalized spacial score (nSPS) is 10.4. The van der Waals surface area contributed by atoms with Gasteiger partial charge in [0.05, 0.1) is 0 Å². The van der Waals surface area contributed by atoms with Gasteiger partial charge in [0, 0.05) is 5.56 Å². The van der Waals surface area contributed by atoms with Gasteiger partial charge in [0.2, 0.25) is 0 Å². The molecule has 0 radical (unpaired) electrons. The van der Waals surface area contributed by atoms with Gasteiger partial charge in [-0.3, -0.25) is 0 Å². The molecule has 0 nitrogen and oxygen atoms in total. The molecule has 0 spiro atoms. The van der Waals surface area contributed by atoms with Gasteiger partial charge in [-0.05, 0) is 18.2 Å². The van der Waals surface area contributed by atoms with Crippen LogP contribution < -0.4 is 0 Å². The summed E-state index contributed by atoms with van der Waals surface area (Å²) in [6.07, 6.45) is 0. The Morgan fingerprint density at radius 3 is 2.31 bits per heavy atom. The molecule has 0 atom stereocenters. The van der Waals surface area contributed by atoms with Crippen LogP contribution in [0.3, 0.4) is 0 Å². The first-order valence-electron chi connectivity index (χ1n) is 4.72. The lowest BCUT2D eigenvalue weighted by Crippen LogP contribution is -2.21. The molecule has 1 heteroatoms. The highest BCUT2D eigenvalue weighted by molar-refractivity contribution is 6.85. The standard InChI is InChI=1S/C12H16Si/c1-4-13(2,3)11-10-12-8-6-5-7-9-12/h5-9H,4H2,1-3H3. The molecule has 0 saturated heterocycles. The average molecular weight is 188 g/mol.